The lowest BCUT2D eigenvalue weighted by Crippen LogP contribution is -2.38. The Morgan fingerprint density at radius 1 is 1.15 bits per heavy atom. The Bertz CT molecular complexity index is 157. The van der Waals surface area contributed by atoms with Crippen LogP contribution in [0.4, 0.5) is 0 Å². The maximum atomic E-state index is 5.60. The summed E-state index contributed by atoms with van der Waals surface area (Å²) in [6.45, 7) is 9.34. The fourth-order valence-electron chi connectivity index (χ4n) is 2.58. The van der Waals surface area contributed by atoms with Gasteiger partial charge in [0.1, 0.15) is 0 Å². The van der Waals surface area contributed by atoms with Gasteiger partial charge in [-0.3, -0.25) is 0 Å². The van der Waals surface area contributed by atoms with Crippen molar-refractivity contribution >= 4 is 0 Å². The van der Waals surface area contributed by atoms with E-state index in [1.807, 2.05) is 7.11 Å². The Morgan fingerprint density at radius 3 is 2.23 bits per heavy atom. The highest BCUT2D eigenvalue weighted by Gasteiger charge is 2.36. The van der Waals surface area contributed by atoms with E-state index in [9.17, 15) is 0 Å². The lowest BCUT2D eigenvalue weighted by Gasteiger charge is -2.41. The summed E-state index contributed by atoms with van der Waals surface area (Å²) >= 11 is 0. The fraction of sp³-hybridized carbons (Fsp3) is 1.00. The number of hydrogen-bond donors (Lipinski definition) is 0. The van der Waals surface area contributed by atoms with Gasteiger partial charge in [-0.15, -0.1) is 0 Å². The van der Waals surface area contributed by atoms with Gasteiger partial charge in [0.05, 0.1) is 6.10 Å². The van der Waals surface area contributed by atoms with E-state index >= 15 is 0 Å². The van der Waals surface area contributed by atoms with Crippen molar-refractivity contribution in [2.45, 2.75) is 53.1 Å². The molecule has 1 fully saturated rings. The van der Waals surface area contributed by atoms with Gasteiger partial charge in [-0.25, -0.2) is 0 Å². The Balaban J connectivity index is 2.63. The van der Waals surface area contributed by atoms with Crippen molar-refractivity contribution in [2.75, 3.05) is 7.11 Å². The first-order valence-corrected chi connectivity index (χ1v) is 5.48. The van der Waals surface area contributed by atoms with Crippen LogP contribution in [0, 0.1) is 17.3 Å². The zero-order valence-electron chi connectivity index (χ0n) is 9.76. The van der Waals surface area contributed by atoms with Crippen LogP contribution < -0.4 is 0 Å². The molecule has 0 heterocycles. The molecular weight excluding hydrogens is 160 g/mol. The van der Waals surface area contributed by atoms with Crippen molar-refractivity contribution in [3.05, 3.63) is 0 Å². The zero-order chi connectivity index (χ0) is 10.1. The summed E-state index contributed by atoms with van der Waals surface area (Å²) < 4.78 is 5.60. The first-order valence-electron chi connectivity index (χ1n) is 5.48. The molecule has 0 spiro atoms. The first kappa shape index (κ1) is 11.0. The van der Waals surface area contributed by atoms with E-state index in [1.54, 1.807) is 0 Å². The molecule has 0 aromatic heterocycles. The van der Waals surface area contributed by atoms with Crippen molar-refractivity contribution in [3.63, 3.8) is 0 Å². The van der Waals surface area contributed by atoms with E-state index in [-0.39, 0.29) is 0 Å². The van der Waals surface area contributed by atoms with Crippen LogP contribution in [-0.4, -0.2) is 13.2 Å². The number of methoxy groups -OCH3 is 1. The van der Waals surface area contributed by atoms with Crippen LogP contribution in [0.5, 0.6) is 0 Å². The minimum atomic E-state index is 0.404. The van der Waals surface area contributed by atoms with Gasteiger partial charge in [0.15, 0.2) is 0 Å². The number of hydrogen-bond acceptors (Lipinski definition) is 1. The highest BCUT2D eigenvalue weighted by Crippen LogP contribution is 2.40. The van der Waals surface area contributed by atoms with Gasteiger partial charge >= 0.3 is 0 Å². The fourth-order valence-corrected chi connectivity index (χ4v) is 2.58. The van der Waals surface area contributed by atoms with Crippen LogP contribution in [0.2, 0.25) is 0 Å². The third-order valence-corrected chi connectivity index (χ3v) is 3.47. The lowest BCUT2D eigenvalue weighted by atomic mass is 9.68. The quantitative estimate of drug-likeness (QED) is 0.606. The smallest absolute Gasteiger partial charge is 0.0607 e. The molecule has 0 aromatic rings. The number of rotatable bonds is 1. The molecule has 1 aliphatic carbocycles. The van der Waals surface area contributed by atoms with Gasteiger partial charge in [-0.2, -0.15) is 0 Å². The van der Waals surface area contributed by atoms with E-state index in [1.165, 1.54) is 19.3 Å². The second kappa shape index (κ2) is 4.00. The Morgan fingerprint density at radius 2 is 1.77 bits per heavy atom. The molecule has 0 N–H and O–H groups in total. The second-order valence-corrected chi connectivity index (χ2v) is 5.66. The van der Waals surface area contributed by atoms with Crippen molar-refractivity contribution in [1.82, 2.24) is 0 Å². The molecule has 1 nitrogen and oxygen atoms in total. The second-order valence-electron chi connectivity index (χ2n) is 5.66. The molecule has 3 atom stereocenters. The summed E-state index contributed by atoms with van der Waals surface area (Å²) in [5.41, 5.74) is 0.404. The minimum absolute atomic E-state index is 0.404. The van der Waals surface area contributed by atoms with Gasteiger partial charge in [-0.1, -0.05) is 34.1 Å². The molecule has 1 saturated carbocycles. The predicted octanol–water partition coefficient (Wildman–Crippen LogP) is 3.48. The Hall–Kier alpha value is -0.0400. The highest BCUT2D eigenvalue weighted by atomic mass is 16.5. The van der Waals surface area contributed by atoms with E-state index in [0.29, 0.717) is 11.5 Å². The van der Waals surface area contributed by atoms with Crippen LogP contribution >= 0.6 is 0 Å². The van der Waals surface area contributed by atoms with Gasteiger partial charge < -0.3 is 4.74 Å². The standard InChI is InChI=1S/C12H24O/c1-9-6-7-10(12(2,3)4)11(8-9)13-5/h9-11H,6-8H2,1-5H3/t9-,10-,11-/m1/s1. The largest absolute Gasteiger partial charge is 0.381 e. The third kappa shape index (κ3) is 2.70. The molecule has 0 aromatic carbocycles. The third-order valence-electron chi connectivity index (χ3n) is 3.47. The molecule has 1 heteroatoms. The first-order chi connectivity index (χ1) is 5.95. The topological polar surface area (TPSA) is 9.23 Å². The van der Waals surface area contributed by atoms with Crippen LogP contribution in [-0.2, 0) is 4.74 Å². The molecule has 0 aliphatic heterocycles. The molecule has 0 unspecified atom stereocenters. The summed E-state index contributed by atoms with van der Waals surface area (Å²) in [6, 6.07) is 0. The Labute approximate surface area is 82.9 Å². The molecule has 1 rings (SSSR count). The molecular formula is C12H24O. The molecule has 1 aliphatic rings. The van der Waals surface area contributed by atoms with Gasteiger partial charge in [-0.05, 0) is 30.1 Å². The van der Waals surface area contributed by atoms with E-state index in [2.05, 4.69) is 27.7 Å². The Kier molecular flexibility index (Phi) is 3.39. The van der Waals surface area contributed by atoms with E-state index in [0.717, 1.165) is 11.8 Å². The van der Waals surface area contributed by atoms with Crippen molar-refractivity contribution in [3.8, 4) is 0 Å². The number of ether oxygens (including phenoxy) is 1. The van der Waals surface area contributed by atoms with Crippen LogP contribution in [0.25, 0.3) is 0 Å². The molecule has 0 saturated heterocycles. The average molecular weight is 184 g/mol. The predicted molar refractivity (Wildman–Crippen MR) is 56.8 cm³/mol. The molecule has 0 radical (unpaired) electrons. The van der Waals surface area contributed by atoms with Crippen LogP contribution in [0.3, 0.4) is 0 Å². The normalized spacial score (nSPS) is 36.2. The van der Waals surface area contributed by atoms with Crippen molar-refractivity contribution in [1.29, 1.82) is 0 Å². The summed E-state index contributed by atoms with van der Waals surface area (Å²) in [5, 5.41) is 0. The van der Waals surface area contributed by atoms with Crippen molar-refractivity contribution in [2.24, 2.45) is 17.3 Å². The molecule has 13 heavy (non-hydrogen) atoms. The summed E-state index contributed by atoms with van der Waals surface area (Å²) in [7, 11) is 1.86. The van der Waals surface area contributed by atoms with Crippen LogP contribution in [0.15, 0.2) is 0 Å². The van der Waals surface area contributed by atoms with Gasteiger partial charge in [0, 0.05) is 7.11 Å². The van der Waals surface area contributed by atoms with Gasteiger partial charge in [0.2, 0.25) is 0 Å². The maximum Gasteiger partial charge on any atom is 0.0607 e. The summed E-state index contributed by atoms with van der Waals surface area (Å²) in [4.78, 5) is 0. The maximum absolute atomic E-state index is 5.60. The van der Waals surface area contributed by atoms with Crippen LogP contribution in [0.1, 0.15) is 47.0 Å². The highest BCUT2D eigenvalue weighted by molar-refractivity contribution is 4.86. The van der Waals surface area contributed by atoms with Gasteiger partial charge in [0.25, 0.3) is 0 Å². The van der Waals surface area contributed by atoms with Crippen molar-refractivity contribution < 1.29 is 4.74 Å². The molecule has 0 amide bonds. The lowest BCUT2D eigenvalue weighted by molar-refractivity contribution is -0.0352. The summed E-state index contributed by atoms with van der Waals surface area (Å²) in [6.07, 6.45) is 4.45. The summed E-state index contributed by atoms with van der Waals surface area (Å²) in [5.74, 6) is 1.59. The van der Waals surface area contributed by atoms with E-state index in [4.69, 9.17) is 4.74 Å². The SMILES string of the molecule is CO[C@@H]1C[C@H](C)CC[C@H]1C(C)(C)C. The molecule has 78 valence electrons. The average Bonchev–Trinajstić information content (AvgIpc) is 2.01. The monoisotopic (exact) mass is 184 g/mol. The van der Waals surface area contributed by atoms with E-state index < -0.39 is 0 Å². The molecule has 0 bridgehead atoms. The zero-order valence-corrected chi connectivity index (χ0v) is 9.76. The minimum Gasteiger partial charge on any atom is -0.381 e.